The molecular formula is C30H18BNO2. The van der Waals surface area contributed by atoms with Crippen LogP contribution in [0, 0.1) is 0 Å². The van der Waals surface area contributed by atoms with E-state index in [9.17, 15) is 0 Å². The lowest BCUT2D eigenvalue weighted by atomic mass is 9.35. The highest BCUT2D eigenvalue weighted by molar-refractivity contribution is 6.98. The number of para-hydroxylation sites is 4. The third kappa shape index (κ3) is 2.32. The molecule has 0 fully saturated rings. The number of hydrogen-bond acceptors (Lipinski definition) is 2. The van der Waals surface area contributed by atoms with Crippen LogP contribution >= 0.6 is 0 Å². The number of ether oxygens (including phenoxy) is 2. The van der Waals surface area contributed by atoms with E-state index in [0.717, 1.165) is 66.9 Å². The molecule has 158 valence electrons. The summed E-state index contributed by atoms with van der Waals surface area (Å²) in [5, 5.41) is 1.90. The van der Waals surface area contributed by atoms with Gasteiger partial charge in [0.15, 0.2) is 0 Å². The lowest BCUT2D eigenvalue weighted by molar-refractivity contribution is 0.464. The van der Waals surface area contributed by atoms with Gasteiger partial charge < -0.3 is 14.0 Å². The summed E-state index contributed by atoms with van der Waals surface area (Å²) in [4.78, 5) is 0. The fourth-order valence-electron chi connectivity index (χ4n) is 5.58. The highest BCUT2D eigenvalue weighted by atomic mass is 16.5. The maximum Gasteiger partial charge on any atom is 0.260 e. The number of nitrogens with zero attached hydrogens (tertiary/aromatic N) is 1. The fourth-order valence-corrected chi connectivity index (χ4v) is 5.58. The topological polar surface area (TPSA) is 23.4 Å². The summed E-state index contributed by atoms with van der Waals surface area (Å²) >= 11 is 0. The van der Waals surface area contributed by atoms with E-state index in [4.69, 9.17) is 12.2 Å². The van der Waals surface area contributed by atoms with Crippen LogP contribution in [0.5, 0.6) is 23.0 Å². The van der Waals surface area contributed by atoms with E-state index in [0.29, 0.717) is 12.1 Å². The van der Waals surface area contributed by atoms with Gasteiger partial charge in [-0.3, -0.25) is 0 Å². The molecule has 2 aliphatic heterocycles. The second kappa shape index (κ2) is 6.55. The molecule has 0 atom stereocenters. The van der Waals surface area contributed by atoms with Gasteiger partial charge in [0.25, 0.3) is 6.71 Å². The molecular weight excluding hydrogens is 417 g/mol. The standard InChI is InChI=1S/C30H18BNO2/c1-5-13-24-20(9-1)21-10-2-6-14-25(21)32(24)19-17-28-30-29(18-19)34-27-16-8-4-12-23(27)31(30)22-11-3-7-15-26(22)33-28/h1-18H/i1D,2D. The van der Waals surface area contributed by atoms with Crippen LogP contribution in [0.25, 0.3) is 27.5 Å². The minimum absolute atomic E-state index is 0.0360. The Balaban J connectivity index is 1.44. The molecule has 0 N–H and O–H groups in total. The summed E-state index contributed by atoms with van der Waals surface area (Å²) in [6, 6.07) is 32.8. The zero-order valence-corrected chi connectivity index (χ0v) is 18.1. The Morgan fingerprint density at radius 2 is 1.12 bits per heavy atom. The van der Waals surface area contributed by atoms with Crippen LogP contribution in [-0.2, 0) is 0 Å². The first-order valence-electron chi connectivity index (χ1n) is 12.4. The summed E-state index contributed by atoms with van der Waals surface area (Å²) < 4.78 is 31.5. The Morgan fingerprint density at radius 1 is 0.588 bits per heavy atom. The highest BCUT2D eigenvalue weighted by Gasteiger charge is 2.40. The third-order valence-corrected chi connectivity index (χ3v) is 6.99. The van der Waals surface area contributed by atoms with Gasteiger partial charge in [0.2, 0.25) is 0 Å². The molecule has 4 heteroatoms. The molecule has 8 rings (SSSR count). The summed E-state index contributed by atoms with van der Waals surface area (Å²) in [7, 11) is 0. The molecule has 0 bridgehead atoms. The Hall–Kier alpha value is -4.44. The predicted molar refractivity (Wildman–Crippen MR) is 138 cm³/mol. The van der Waals surface area contributed by atoms with E-state index < -0.39 is 0 Å². The van der Waals surface area contributed by atoms with Crippen molar-refractivity contribution in [2.24, 2.45) is 0 Å². The van der Waals surface area contributed by atoms with Gasteiger partial charge in [-0.2, -0.15) is 0 Å². The van der Waals surface area contributed by atoms with Gasteiger partial charge in [-0.1, -0.05) is 72.7 Å². The van der Waals surface area contributed by atoms with Crippen LogP contribution in [0.1, 0.15) is 2.74 Å². The summed E-state index contributed by atoms with van der Waals surface area (Å²) in [5.41, 5.74) is 6.18. The molecule has 3 heterocycles. The molecule has 6 aromatic rings. The molecule has 0 saturated heterocycles. The van der Waals surface area contributed by atoms with Crippen molar-refractivity contribution in [2.75, 3.05) is 0 Å². The minimum Gasteiger partial charge on any atom is -0.458 e. The van der Waals surface area contributed by atoms with Gasteiger partial charge in [-0.25, -0.2) is 0 Å². The normalized spacial score (nSPS) is 13.9. The Morgan fingerprint density at radius 3 is 1.68 bits per heavy atom. The van der Waals surface area contributed by atoms with Crippen molar-refractivity contribution < 1.29 is 12.2 Å². The van der Waals surface area contributed by atoms with Gasteiger partial charge in [-0.15, -0.1) is 0 Å². The van der Waals surface area contributed by atoms with Crippen molar-refractivity contribution in [1.29, 1.82) is 0 Å². The molecule has 1 aromatic heterocycles. The molecule has 0 spiro atoms. The SMILES string of the molecule is [2H]c1ccc2c(c1)c1cc([2H])ccc1n2-c1cc2c3c(c1)Oc1ccccc1B3c1ccccc1O2. The largest absolute Gasteiger partial charge is 0.458 e. The van der Waals surface area contributed by atoms with Crippen molar-refractivity contribution >= 4 is 44.9 Å². The lowest BCUT2D eigenvalue weighted by Gasteiger charge is -2.33. The average molecular weight is 437 g/mol. The number of benzene rings is 5. The molecule has 3 nitrogen and oxygen atoms in total. The molecule has 0 unspecified atom stereocenters. The summed E-state index contributed by atoms with van der Waals surface area (Å²) in [5.74, 6) is 3.28. The van der Waals surface area contributed by atoms with Crippen LogP contribution in [0.4, 0.5) is 0 Å². The van der Waals surface area contributed by atoms with Crippen LogP contribution in [0.15, 0.2) is 109 Å². The van der Waals surface area contributed by atoms with Crippen molar-refractivity contribution in [3.05, 3.63) is 109 Å². The van der Waals surface area contributed by atoms with E-state index in [-0.39, 0.29) is 6.71 Å². The van der Waals surface area contributed by atoms with E-state index in [1.165, 1.54) is 0 Å². The van der Waals surface area contributed by atoms with E-state index in [1.807, 2.05) is 48.5 Å². The van der Waals surface area contributed by atoms with Gasteiger partial charge in [-0.05, 0) is 35.2 Å². The zero-order chi connectivity index (χ0) is 24.0. The van der Waals surface area contributed by atoms with E-state index in [1.54, 1.807) is 12.1 Å². The van der Waals surface area contributed by atoms with E-state index >= 15 is 0 Å². The van der Waals surface area contributed by atoms with Crippen molar-refractivity contribution in [1.82, 2.24) is 4.57 Å². The summed E-state index contributed by atoms with van der Waals surface area (Å²) in [6.45, 7) is 0.0360. The quantitative estimate of drug-likeness (QED) is 0.316. The number of rotatable bonds is 1. The monoisotopic (exact) mass is 437 g/mol. The zero-order valence-electron chi connectivity index (χ0n) is 20.1. The number of hydrogen-bond donors (Lipinski definition) is 0. The van der Waals surface area contributed by atoms with Gasteiger partial charge in [0.05, 0.1) is 19.5 Å². The van der Waals surface area contributed by atoms with Crippen LogP contribution in [-0.4, -0.2) is 11.3 Å². The average Bonchev–Trinajstić information content (AvgIpc) is 3.21. The van der Waals surface area contributed by atoms with Gasteiger partial charge >= 0.3 is 0 Å². The third-order valence-electron chi connectivity index (χ3n) is 6.99. The second-order valence-corrected chi connectivity index (χ2v) is 8.79. The maximum absolute atomic E-state index is 8.18. The van der Waals surface area contributed by atoms with Crippen molar-refractivity contribution in [3.63, 3.8) is 0 Å². The van der Waals surface area contributed by atoms with Crippen LogP contribution in [0.3, 0.4) is 0 Å². The Kier molecular flexibility index (Phi) is 3.12. The predicted octanol–water partition coefficient (Wildman–Crippen LogP) is 5.51. The first-order chi connectivity index (χ1) is 17.7. The highest BCUT2D eigenvalue weighted by Crippen LogP contribution is 2.39. The van der Waals surface area contributed by atoms with Crippen LogP contribution < -0.4 is 25.9 Å². The Bertz CT molecular complexity index is 1760. The van der Waals surface area contributed by atoms with Gasteiger partial charge in [0.1, 0.15) is 23.0 Å². The van der Waals surface area contributed by atoms with Crippen molar-refractivity contribution in [3.8, 4) is 28.7 Å². The first-order valence-corrected chi connectivity index (χ1v) is 11.4. The number of fused-ring (bicyclic) bond motifs is 7. The van der Waals surface area contributed by atoms with Crippen molar-refractivity contribution in [2.45, 2.75) is 0 Å². The lowest BCUT2D eigenvalue weighted by Crippen LogP contribution is -2.57. The summed E-state index contributed by atoms with van der Waals surface area (Å²) in [6.07, 6.45) is 0. The number of aromatic nitrogens is 1. The van der Waals surface area contributed by atoms with Gasteiger partial charge in [0, 0.05) is 28.4 Å². The molecule has 34 heavy (non-hydrogen) atoms. The fraction of sp³-hybridized carbons (Fsp3) is 0. The molecule has 0 amide bonds. The maximum atomic E-state index is 8.18. The smallest absolute Gasteiger partial charge is 0.260 e. The minimum atomic E-state index is 0.0360. The second-order valence-electron chi connectivity index (χ2n) is 8.79. The molecule has 0 radical (unpaired) electrons. The first kappa shape index (κ1) is 16.2. The molecule has 2 aliphatic rings. The Labute approximate surface area is 199 Å². The van der Waals surface area contributed by atoms with Crippen LogP contribution in [0.2, 0.25) is 0 Å². The molecule has 0 saturated carbocycles. The molecule has 5 aromatic carbocycles. The van der Waals surface area contributed by atoms with E-state index in [2.05, 4.69) is 41.0 Å². The molecule has 0 aliphatic carbocycles.